The van der Waals surface area contributed by atoms with Gasteiger partial charge in [-0.15, -0.1) is 0 Å². The molecule has 1 rings (SSSR count). The van der Waals surface area contributed by atoms with Crippen LogP contribution in [-0.4, -0.2) is 16.2 Å². The number of hydrogen-bond donors (Lipinski definition) is 2. The van der Waals surface area contributed by atoms with E-state index in [0.29, 0.717) is 5.92 Å². The van der Waals surface area contributed by atoms with Gasteiger partial charge in [-0.2, -0.15) is 0 Å². The van der Waals surface area contributed by atoms with Crippen LogP contribution in [0, 0.1) is 5.92 Å². The molecule has 88 valence electrons. The summed E-state index contributed by atoms with van der Waals surface area (Å²) in [5.41, 5.74) is 0.711. The van der Waals surface area contributed by atoms with Crippen molar-refractivity contribution in [3.63, 3.8) is 0 Å². The minimum absolute atomic E-state index is 0.0120. The van der Waals surface area contributed by atoms with E-state index in [9.17, 15) is 9.90 Å². The summed E-state index contributed by atoms with van der Waals surface area (Å²) in [5.74, 6) is -0.535. The van der Waals surface area contributed by atoms with Crippen molar-refractivity contribution in [1.29, 1.82) is 0 Å². The van der Waals surface area contributed by atoms with Gasteiger partial charge in [0.05, 0.1) is 0 Å². The van der Waals surface area contributed by atoms with Gasteiger partial charge in [-0.1, -0.05) is 32.4 Å². The molecule has 0 atom stereocenters. The number of aromatic hydroxyl groups is 1. The maximum atomic E-state index is 10.8. The molecule has 1 aromatic rings. The molecule has 3 heteroatoms. The lowest BCUT2D eigenvalue weighted by molar-refractivity contribution is 0.0693. The normalized spacial score (nSPS) is 10.7. The van der Waals surface area contributed by atoms with Crippen molar-refractivity contribution in [2.45, 2.75) is 33.1 Å². The van der Waals surface area contributed by atoms with Crippen LogP contribution in [0.15, 0.2) is 18.2 Å². The van der Waals surface area contributed by atoms with Gasteiger partial charge in [0.2, 0.25) is 0 Å². The molecule has 0 aliphatic rings. The van der Waals surface area contributed by atoms with Crippen LogP contribution in [0.25, 0.3) is 0 Å². The zero-order chi connectivity index (χ0) is 12.1. The van der Waals surface area contributed by atoms with E-state index in [1.807, 2.05) is 0 Å². The summed E-state index contributed by atoms with van der Waals surface area (Å²) >= 11 is 0. The van der Waals surface area contributed by atoms with Gasteiger partial charge in [-0.05, 0) is 30.4 Å². The molecule has 0 radical (unpaired) electrons. The smallest absolute Gasteiger partial charge is 0.339 e. The Labute approximate surface area is 95.7 Å². The third kappa shape index (κ3) is 3.26. The second-order valence-electron chi connectivity index (χ2n) is 4.40. The highest BCUT2D eigenvalue weighted by Crippen LogP contribution is 2.24. The number of hydrogen-bond acceptors (Lipinski definition) is 2. The second-order valence-corrected chi connectivity index (χ2v) is 4.40. The molecule has 0 amide bonds. The van der Waals surface area contributed by atoms with Gasteiger partial charge in [0.1, 0.15) is 11.3 Å². The van der Waals surface area contributed by atoms with Gasteiger partial charge in [0.15, 0.2) is 0 Å². The van der Waals surface area contributed by atoms with Crippen molar-refractivity contribution in [2.24, 2.45) is 5.92 Å². The van der Waals surface area contributed by atoms with Crippen molar-refractivity contribution in [1.82, 2.24) is 0 Å². The molecule has 0 heterocycles. The average molecular weight is 222 g/mol. The van der Waals surface area contributed by atoms with E-state index in [4.69, 9.17) is 5.11 Å². The van der Waals surface area contributed by atoms with Gasteiger partial charge in [0, 0.05) is 0 Å². The quantitative estimate of drug-likeness (QED) is 0.805. The van der Waals surface area contributed by atoms with Gasteiger partial charge in [-0.25, -0.2) is 4.79 Å². The number of para-hydroxylation sites is 1. The Morgan fingerprint density at radius 3 is 2.62 bits per heavy atom. The highest BCUT2D eigenvalue weighted by Gasteiger charge is 2.12. The lowest BCUT2D eigenvalue weighted by Crippen LogP contribution is -1.99. The standard InChI is InChI=1S/C13H18O3/c1-9(2)5-3-6-10-7-4-8-11(12(10)14)13(15)16/h4,7-9,14H,3,5-6H2,1-2H3,(H,15,16). The first-order valence-corrected chi connectivity index (χ1v) is 5.56. The maximum absolute atomic E-state index is 10.8. The van der Waals surface area contributed by atoms with Crippen molar-refractivity contribution >= 4 is 5.97 Å². The van der Waals surface area contributed by atoms with E-state index in [1.54, 1.807) is 12.1 Å². The fraction of sp³-hybridized carbons (Fsp3) is 0.462. The first kappa shape index (κ1) is 12.6. The minimum Gasteiger partial charge on any atom is -0.507 e. The molecule has 0 saturated carbocycles. The third-order valence-corrected chi connectivity index (χ3v) is 2.58. The number of aromatic carboxylic acids is 1. The van der Waals surface area contributed by atoms with Gasteiger partial charge in [-0.3, -0.25) is 0 Å². The summed E-state index contributed by atoms with van der Waals surface area (Å²) in [7, 11) is 0. The van der Waals surface area contributed by atoms with E-state index in [2.05, 4.69) is 13.8 Å². The highest BCUT2D eigenvalue weighted by molar-refractivity contribution is 5.91. The first-order chi connectivity index (χ1) is 7.52. The van der Waals surface area contributed by atoms with E-state index < -0.39 is 5.97 Å². The number of benzene rings is 1. The molecule has 0 aliphatic carbocycles. The van der Waals surface area contributed by atoms with E-state index in [0.717, 1.165) is 24.8 Å². The SMILES string of the molecule is CC(C)CCCc1cccc(C(=O)O)c1O. The van der Waals surface area contributed by atoms with Crippen LogP contribution in [-0.2, 0) is 6.42 Å². The Morgan fingerprint density at radius 1 is 1.38 bits per heavy atom. The summed E-state index contributed by atoms with van der Waals surface area (Å²) in [6, 6.07) is 4.87. The molecule has 2 N–H and O–H groups in total. The summed E-state index contributed by atoms with van der Waals surface area (Å²) < 4.78 is 0. The minimum atomic E-state index is -1.08. The van der Waals surface area contributed by atoms with Crippen LogP contribution in [0.5, 0.6) is 5.75 Å². The summed E-state index contributed by atoms with van der Waals surface area (Å²) in [5, 5.41) is 18.6. The highest BCUT2D eigenvalue weighted by atomic mass is 16.4. The number of carboxylic acids is 1. The van der Waals surface area contributed by atoms with Crippen LogP contribution < -0.4 is 0 Å². The molecule has 0 unspecified atom stereocenters. The van der Waals surface area contributed by atoms with Crippen LogP contribution >= 0.6 is 0 Å². The Hall–Kier alpha value is -1.51. The largest absolute Gasteiger partial charge is 0.507 e. The van der Waals surface area contributed by atoms with E-state index in [1.165, 1.54) is 6.07 Å². The number of phenols is 1. The number of aryl methyl sites for hydroxylation is 1. The predicted octanol–water partition coefficient (Wildman–Crippen LogP) is 3.07. The zero-order valence-electron chi connectivity index (χ0n) is 9.73. The number of carboxylic acid groups (broad SMARTS) is 1. The number of rotatable bonds is 5. The topological polar surface area (TPSA) is 57.5 Å². The van der Waals surface area contributed by atoms with Crippen LogP contribution in [0.1, 0.15) is 42.6 Å². The van der Waals surface area contributed by atoms with Gasteiger partial charge >= 0.3 is 5.97 Å². The molecular formula is C13H18O3. The van der Waals surface area contributed by atoms with Crippen LogP contribution in [0.4, 0.5) is 0 Å². The molecule has 0 fully saturated rings. The molecule has 0 bridgehead atoms. The summed E-state index contributed by atoms with van der Waals surface area (Å²) in [6.07, 6.45) is 2.77. The first-order valence-electron chi connectivity index (χ1n) is 5.56. The molecule has 0 aromatic heterocycles. The Balaban J connectivity index is 2.73. The van der Waals surface area contributed by atoms with E-state index in [-0.39, 0.29) is 11.3 Å². The van der Waals surface area contributed by atoms with Gasteiger partial charge < -0.3 is 10.2 Å². The monoisotopic (exact) mass is 222 g/mol. The second kappa shape index (κ2) is 5.54. The lowest BCUT2D eigenvalue weighted by Gasteiger charge is -2.08. The van der Waals surface area contributed by atoms with Crippen molar-refractivity contribution in [2.75, 3.05) is 0 Å². The molecule has 0 spiro atoms. The predicted molar refractivity (Wildman–Crippen MR) is 62.8 cm³/mol. The Kier molecular flexibility index (Phi) is 4.35. The molecule has 0 saturated heterocycles. The van der Waals surface area contributed by atoms with Gasteiger partial charge in [0.25, 0.3) is 0 Å². The molecular weight excluding hydrogens is 204 g/mol. The fourth-order valence-corrected chi connectivity index (χ4v) is 1.67. The molecule has 1 aromatic carbocycles. The lowest BCUT2D eigenvalue weighted by atomic mass is 10.00. The van der Waals surface area contributed by atoms with Crippen LogP contribution in [0.3, 0.4) is 0 Å². The molecule has 3 nitrogen and oxygen atoms in total. The van der Waals surface area contributed by atoms with Crippen molar-refractivity contribution in [3.05, 3.63) is 29.3 Å². The Morgan fingerprint density at radius 2 is 2.06 bits per heavy atom. The molecule has 0 aliphatic heterocycles. The average Bonchev–Trinajstić information content (AvgIpc) is 2.19. The summed E-state index contributed by atoms with van der Waals surface area (Å²) in [6.45, 7) is 4.29. The van der Waals surface area contributed by atoms with Crippen molar-refractivity contribution in [3.8, 4) is 5.75 Å². The van der Waals surface area contributed by atoms with Crippen molar-refractivity contribution < 1.29 is 15.0 Å². The maximum Gasteiger partial charge on any atom is 0.339 e. The zero-order valence-corrected chi connectivity index (χ0v) is 9.73. The fourth-order valence-electron chi connectivity index (χ4n) is 1.67. The Bertz CT molecular complexity index is 369. The van der Waals surface area contributed by atoms with Crippen LogP contribution in [0.2, 0.25) is 0 Å². The van der Waals surface area contributed by atoms with E-state index >= 15 is 0 Å². The number of carbonyl (C=O) groups is 1. The third-order valence-electron chi connectivity index (χ3n) is 2.58. The summed E-state index contributed by atoms with van der Waals surface area (Å²) in [4.78, 5) is 10.8. The molecule has 16 heavy (non-hydrogen) atoms.